The van der Waals surface area contributed by atoms with Gasteiger partial charge in [-0.05, 0) is 60.4 Å². The van der Waals surface area contributed by atoms with Gasteiger partial charge in [0.05, 0.1) is 25.2 Å². The molecule has 1 aliphatic rings. The molecule has 4 aromatic rings. The average molecular weight is 531 g/mol. The zero-order valence-corrected chi connectivity index (χ0v) is 21.6. The summed E-state index contributed by atoms with van der Waals surface area (Å²) in [6.07, 6.45) is 0.549. The number of methoxy groups -OCH3 is 2. The summed E-state index contributed by atoms with van der Waals surface area (Å²) in [5, 5.41) is 12.1. The Bertz CT molecular complexity index is 1640. The third-order valence-corrected chi connectivity index (χ3v) is 6.90. The molecule has 0 spiro atoms. The van der Waals surface area contributed by atoms with Crippen molar-refractivity contribution in [2.45, 2.75) is 19.4 Å². The first-order chi connectivity index (χ1) is 18.8. The molecule has 1 amide bonds. The zero-order chi connectivity index (χ0) is 27.7. The van der Waals surface area contributed by atoms with Gasteiger partial charge < -0.3 is 23.5 Å². The number of carbonyl (C=O) groups excluding carboxylic acids is 1. The van der Waals surface area contributed by atoms with Crippen molar-refractivity contribution in [2.75, 3.05) is 27.4 Å². The van der Waals surface area contributed by atoms with Crippen LogP contribution in [-0.4, -0.2) is 43.1 Å². The Kier molecular flexibility index (Phi) is 6.93. The summed E-state index contributed by atoms with van der Waals surface area (Å²) in [6, 6.07) is 15.5. The highest BCUT2D eigenvalue weighted by Crippen LogP contribution is 2.39. The first kappa shape index (κ1) is 25.8. The lowest BCUT2D eigenvalue weighted by Gasteiger charge is -2.37. The highest BCUT2D eigenvalue weighted by molar-refractivity contribution is 5.95. The van der Waals surface area contributed by atoms with Crippen molar-refractivity contribution in [1.82, 2.24) is 4.90 Å². The molecule has 1 aliphatic heterocycles. The molecule has 0 fully saturated rings. The van der Waals surface area contributed by atoms with E-state index in [1.54, 1.807) is 30.2 Å². The summed E-state index contributed by atoms with van der Waals surface area (Å²) < 4.78 is 22.5. The lowest BCUT2D eigenvalue weighted by molar-refractivity contribution is -0.384. The number of nitro groups is 1. The molecule has 39 heavy (non-hydrogen) atoms. The fourth-order valence-electron chi connectivity index (χ4n) is 4.94. The van der Waals surface area contributed by atoms with Gasteiger partial charge in [0.25, 0.3) is 11.6 Å². The molecule has 0 saturated heterocycles. The number of rotatable bonds is 7. The highest BCUT2D eigenvalue weighted by Gasteiger charge is 2.34. The Labute approximate surface area is 223 Å². The summed E-state index contributed by atoms with van der Waals surface area (Å²) in [7, 11) is 3.10. The second-order valence-electron chi connectivity index (χ2n) is 9.20. The highest BCUT2D eigenvalue weighted by atomic mass is 16.6. The van der Waals surface area contributed by atoms with Crippen LogP contribution in [0, 0.1) is 17.0 Å². The molecular formula is C29H26N2O8. The van der Waals surface area contributed by atoms with Gasteiger partial charge in [0.2, 0.25) is 0 Å². The van der Waals surface area contributed by atoms with Gasteiger partial charge in [0.15, 0.2) is 11.5 Å². The van der Waals surface area contributed by atoms with Gasteiger partial charge >= 0.3 is 5.63 Å². The molecule has 0 aliphatic carbocycles. The number of nitro benzene ring substituents is 1. The van der Waals surface area contributed by atoms with E-state index in [9.17, 15) is 19.7 Å². The van der Waals surface area contributed by atoms with Crippen molar-refractivity contribution in [1.29, 1.82) is 0 Å². The Balaban J connectivity index is 1.52. The maximum absolute atomic E-state index is 13.7. The van der Waals surface area contributed by atoms with Gasteiger partial charge in [-0.15, -0.1) is 0 Å². The predicted octanol–water partition coefficient (Wildman–Crippen LogP) is 4.85. The van der Waals surface area contributed by atoms with Crippen molar-refractivity contribution >= 4 is 22.6 Å². The van der Waals surface area contributed by atoms with E-state index in [4.69, 9.17) is 18.6 Å². The van der Waals surface area contributed by atoms with Crippen LogP contribution in [0.4, 0.5) is 5.69 Å². The van der Waals surface area contributed by atoms with Crippen LogP contribution in [0.5, 0.6) is 17.2 Å². The fraction of sp³-hybridized carbons (Fsp3) is 0.241. The normalized spacial score (nSPS) is 14.5. The summed E-state index contributed by atoms with van der Waals surface area (Å²) in [6.45, 7) is 2.27. The Morgan fingerprint density at radius 2 is 1.85 bits per heavy atom. The SMILES string of the molecule is COc1cc2c(cc1OC)C(COc1ccc3c(C)cc(=O)oc3c1)N(C(=O)c1cccc([N+](=O)[O-])c1)CC2. The number of benzene rings is 3. The Hall–Kier alpha value is -4.86. The van der Waals surface area contributed by atoms with E-state index >= 15 is 0 Å². The Morgan fingerprint density at radius 1 is 1.08 bits per heavy atom. The van der Waals surface area contributed by atoms with Crippen LogP contribution in [-0.2, 0) is 6.42 Å². The molecule has 200 valence electrons. The molecule has 0 saturated carbocycles. The fourth-order valence-corrected chi connectivity index (χ4v) is 4.94. The largest absolute Gasteiger partial charge is 0.493 e. The van der Waals surface area contributed by atoms with Crippen LogP contribution in [0.3, 0.4) is 0 Å². The number of nitrogens with zero attached hydrogens (tertiary/aromatic N) is 2. The van der Waals surface area contributed by atoms with E-state index in [0.717, 1.165) is 22.1 Å². The van der Waals surface area contributed by atoms with Gasteiger partial charge in [-0.3, -0.25) is 14.9 Å². The van der Waals surface area contributed by atoms with Crippen LogP contribution in [0.25, 0.3) is 11.0 Å². The number of ether oxygens (including phenoxy) is 3. The minimum Gasteiger partial charge on any atom is -0.493 e. The third kappa shape index (κ3) is 5.00. The van der Waals surface area contributed by atoms with Crippen molar-refractivity contribution in [2.24, 2.45) is 0 Å². The second-order valence-corrected chi connectivity index (χ2v) is 9.20. The molecule has 10 nitrogen and oxygen atoms in total. The number of fused-ring (bicyclic) bond motifs is 2. The van der Waals surface area contributed by atoms with Gasteiger partial charge in [-0.2, -0.15) is 0 Å². The monoisotopic (exact) mass is 530 g/mol. The van der Waals surface area contributed by atoms with Crippen molar-refractivity contribution in [3.63, 3.8) is 0 Å². The number of aryl methyl sites for hydroxylation is 1. The van der Waals surface area contributed by atoms with Gasteiger partial charge in [-0.25, -0.2) is 4.79 Å². The third-order valence-electron chi connectivity index (χ3n) is 6.90. The molecule has 0 bridgehead atoms. The lowest BCUT2D eigenvalue weighted by Crippen LogP contribution is -2.42. The van der Waals surface area contributed by atoms with Crippen LogP contribution in [0.1, 0.15) is 33.1 Å². The maximum atomic E-state index is 13.7. The molecule has 2 heterocycles. The predicted molar refractivity (Wildman–Crippen MR) is 143 cm³/mol. The molecule has 10 heteroatoms. The quantitative estimate of drug-likeness (QED) is 0.189. The van der Waals surface area contributed by atoms with Crippen LogP contribution in [0.2, 0.25) is 0 Å². The van der Waals surface area contributed by atoms with Gasteiger partial charge in [-0.1, -0.05) is 6.07 Å². The minimum absolute atomic E-state index is 0.0741. The van der Waals surface area contributed by atoms with E-state index in [0.29, 0.717) is 35.8 Å². The second kappa shape index (κ2) is 10.5. The molecule has 0 N–H and O–H groups in total. The molecular weight excluding hydrogens is 504 g/mol. The van der Waals surface area contributed by atoms with E-state index in [-0.39, 0.29) is 23.8 Å². The zero-order valence-electron chi connectivity index (χ0n) is 21.6. The van der Waals surface area contributed by atoms with Crippen molar-refractivity contribution in [3.05, 3.63) is 103 Å². The van der Waals surface area contributed by atoms with Crippen LogP contribution in [0.15, 0.2) is 69.9 Å². The first-order valence-electron chi connectivity index (χ1n) is 12.3. The average Bonchev–Trinajstić information content (AvgIpc) is 2.94. The van der Waals surface area contributed by atoms with E-state index in [1.807, 2.05) is 25.1 Å². The summed E-state index contributed by atoms with van der Waals surface area (Å²) >= 11 is 0. The van der Waals surface area contributed by atoms with Gasteiger partial charge in [0.1, 0.15) is 17.9 Å². The van der Waals surface area contributed by atoms with E-state index < -0.39 is 16.6 Å². The molecule has 1 atom stereocenters. The maximum Gasteiger partial charge on any atom is 0.336 e. The number of carbonyl (C=O) groups is 1. The lowest BCUT2D eigenvalue weighted by atomic mass is 9.91. The summed E-state index contributed by atoms with van der Waals surface area (Å²) in [5.74, 6) is 1.20. The topological polar surface area (TPSA) is 121 Å². The first-order valence-corrected chi connectivity index (χ1v) is 12.3. The van der Waals surface area contributed by atoms with E-state index in [2.05, 4.69) is 0 Å². The van der Waals surface area contributed by atoms with Crippen LogP contribution < -0.4 is 19.8 Å². The van der Waals surface area contributed by atoms with Crippen molar-refractivity contribution in [3.8, 4) is 17.2 Å². The number of non-ortho nitro benzene ring substituents is 1. The van der Waals surface area contributed by atoms with Gasteiger partial charge in [0, 0.05) is 41.8 Å². The molecule has 1 unspecified atom stereocenters. The van der Waals surface area contributed by atoms with E-state index in [1.165, 1.54) is 31.4 Å². The smallest absolute Gasteiger partial charge is 0.336 e. The standard InChI is InChI=1S/C29H26N2O8/c1-17-11-28(32)39-25-14-21(7-8-22(17)25)38-16-24-23-15-27(37-3)26(36-2)13-18(23)9-10-30(24)29(33)19-5-4-6-20(12-19)31(34)35/h4-8,11-15,24H,9-10,16H2,1-3H3. The molecule has 5 rings (SSSR count). The number of amides is 1. The van der Waals surface area contributed by atoms with Crippen LogP contribution >= 0.6 is 0 Å². The minimum atomic E-state index is -0.541. The summed E-state index contributed by atoms with van der Waals surface area (Å²) in [5.41, 5.74) is 2.59. The Morgan fingerprint density at radius 3 is 2.59 bits per heavy atom. The molecule has 0 radical (unpaired) electrons. The van der Waals surface area contributed by atoms with Crippen molar-refractivity contribution < 1.29 is 28.3 Å². The number of hydrogen-bond donors (Lipinski definition) is 0. The molecule has 3 aromatic carbocycles. The number of hydrogen-bond acceptors (Lipinski definition) is 8. The summed E-state index contributed by atoms with van der Waals surface area (Å²) in [4.78, 5) is 38.0. The molecule has 1 aromatic heterocycles.